The molecule has 0 aliphatic heterocycles. The predicted molar refractivity (Wildman–Crippen MR) is 85.2 cm³/mol. The molecule has 112 valence electrons. The van der Waals surface area contributed by atoms with Gasteiger partial charge >= 0.3 is 0 Å². The molecular weight excluding hydrogens is 354 g/mol. The highest BCUT2D eigenvalue weighted by molar-refractivity contribution is 9.10. The molecule has 2 rings (SSSR count). The standard InChI is InChI=1S/C14H16BrN3O2S/c1-16-8-12-5-6-14(17-9-12)21(19,20)18-10-11-3-2-4-13(15)7-11/h2-7,9,16,18H,8,10H2,1H3. The molecule has 0 aliphatic carbocycles. The van der Waals surface area contributed by atoms with Crippen LogP contribution < -0.4 is 10.0 Å². The summed E-state index contributed by atoms with van der Waals surface area (Å²) in [6, 6.07) is 10.7. The first kappa shape index (κ1) is 16.1. The lowest BCUT2D eigenvalue weighted by molar-refractivity contribution is 0.577. The summed E-state index contributed by atoms with van der Waals surface area (Å²) in [4.78, 5) is 4.00. The number of aromatic nitrogens is 1. The molecule has 5 nitrogen and oxygen atoms in total. The van der Waals surface area contributed by atoms with E-state index in [1.807, 2.05) is 31.3 Å². The van der Waals surface area contributed by atoms with Crippen LogP contribution in [0.15, 0.2) is 52.1 Å². The third kappa shape index (κ3) is 4.60. The Morgan fingerprint density at radius 1 is 1.14 bits per heavy atom. The fourth-order valence-corrected chi connectivity index (χ4v) is 3.17. The van der Waals surface area contributed by atoms with Gasteiger partial charge in [-0.15, -0.1) is 0 Å². The number of nitrogens with zero attached hydrogens (tertiary/aromatic N) is 1. The highest BCUT2D eigenvalue weighted by Crippen LogP contribution is 2.13. The second kappa shape index (κ2) is 7.13. The van der Waals surface area contributed by atoms with Gasteiger partial charge in [-0.25, -0.2) is 18.1 Å². The van der Waals surface area contributed by atoms with Crippen LogP contribution in [0.4, 0.5) is 0 Å². The molecule has 0 saturated heterocycles. The molecule has 7 heteroatoms. The van der Waals surface area contributed by atoms with E-state index in [-0.39, 0.29) is 11.6 Å². The van der Waals surface area contributed by atoms with Crippen molar-refractivity contribution in [1.29, 1.82) is 0 Å². The average Bonchev–Trinajstić information content (AvgIpc) is 2.46. The third-order valence-corrected chi connectivity index (χ3v) is 4.62. The van der Waals surface area contributed by atoms with Crippen molar-refractivity contribution in [3.63, 3.8) is 0 Å². The van der Waals surface area contributed by atoms with Crippen LogP contribution in [0.3, 0.4) is 0 Å². The van der Waals surface area contributed by atoms with E-state index < -0.39 is 10.0 Å². The fraction of sp³-hybridized carbons (Fsp3) is 0.214. The van der Waals surface area contributed by atoms with E-state index in [1.54, 1.807) is 12.3 Å². The van der Waals surface area contributed by atoms with Crippen molar-refractivity contribution < 1.29 is 8.42 Å². The summed E-state index contributed by atoms with van der Waals surface area (Å²) < 4.78 is 27.8. The third-order valence-electron chi connectivity index (χ3n) is 2.81. The van der Waals surface area contributed by atoms with Crippen molar-refractivity contribution in [3.05, 3.63) is 58.2 Å². The van der Waals surface area contributed by atoms with Gasteiger partial charge in [0.15, 0.2) is 5.03 Å². The highest BCUT2D eigenvalue weighted by Gasteiger charge is 2.15. The second-order valence-electron chi connectivity index (χ2n) is 4.49. The van der Waals surface area contributed by atoms with Crippen molar-refractivity contribution in [2.24, 2.45) is 0 Å². The van der Waals surface area contributed by atoms with Crippen LogP contribution in [-0.4, -0.2) is 20.4 Å². The first-order valence-corrected chi connectivity index (χ1v) is 8.62. The number of benzene rings is 1. The van der Waals surface area contributed by atoms with Gasteiger partial charge in [0.05, 0.1) is 0 Å². The van der Waals surface area contributed by atoms with Crippen LogP contribution in [-0.2, 0) is 23.1 Å². The van der Waals surface area contributed by atoms with Crippen LogP contribution >= 0.6 is 15.9 Å². The maximum Gasteiger partial charge on any atom is 0.258 e. The summed E-state index contributed by atoms with van der Waals surface area (Å²) in [5.41, 5.74) is 1.81. The van der Waals surface area contributed by atoms with Gasteiger partial charge in [-0.05, 0) is 36.4 Å². The average molecular weight is 370 g/mol. The summed E-state index contributed by atoms with van der Waals surface area (Å²) in [5.74, 6) is 0. The Morgan fingerprint density at radius 2 is 1.95 bits per heavy atom. The Kier molecular flexibility index (Phi) is 5.46. The molecule has 1 aromatic heterocycles. The minimum atomic E-state index is -3.60. The number of hydrogen-bond donors (Lipinski definition) is 2. The van der Waals surface area contributed by atoms with Gasteiger partial charge < -0.3 is 5.32 Å². The summed E-state index contributed by atoms with van der Waals surface area (Å²) in [7, 11) is -1.78. The van der Waals surface area contributed by atoms with Crippen molar-refractivity contribution in [1.82, 2.24) is 15.0 Å². The molecule has 0 atom stereocenters. The van der Waals surface area contributed by atoms with E-state index in [4.69, 9.17) is 0 Å². The minimum Gasteiger partial charge on any atom is -0.316 e. The van der Waals surface area contributed by atoms with Gasteiger partial charge in [-0.1, -0.05) is 34.1 Å². The molecule has 1 heterocycles. The Balaban J connectivity index is 2.07. The number of nitrogens with one attached hydrogen (secondary N) is 2. The second-order valence-corrected chi connectivity index (χ2v) is 7.12. The van der Waals surface area contributed by atoms with Gasteiger partial charge in [0.25, 0.3) is 10.0 Å². The molecule has 21 heavy (non-hydrogen) atoms. The summed E-state index contributed by atoms with van der Waals surface area (Å²) >= 11 is 3.35. The zero-order chi connectivity index (χ0) is 15.3. The number of sulfonamides is 1. The number of halogens is 1. The molecule has 0 radical (unpaired) electrons. The van der Waals surface area contributed by atoms with Gasteiger partial charge in [0.2, 0.25) is 0 Å². The molecule has 0 spiro atoms. The largest absolute Gasteiger partial charge is 0.316 e. The molecule has 0 unspecified atom stereocenters. The Bertz CT molecular complexity index is 702. The number of rotatable bonds is 6. The molecule has 2 N–H and O–H groups in total. The van der Waals surface area contributed by atoms with E-state index in [1.165, 1.54) is 6.07 Å². The van der Waals surface area contributed by atoms with Gasteiger partial charge in [0, 0.05) is 23.8 Å². The Morgan fingerprint density at radius 3 is 2.57 bits per heavy atom. The fourth-order valence-electron chi connectivity index (χ4n) is 1.78. The van der Waals surface area contributed by atoms with Crippen LogP contribution in [0.2, 0.25) is 0 Å². The molecule has 0 aliphatic rings. The maximum atomic E-state index is 12.2. The number of pyridine rings is 1. The quantitative estimate of drug-likeness (QED) is 0.817. The van der Waals surface area contributed by atoms with Crippen molar-refractivity contribution in [3.8, 4) is 0 Å². The van der Waals surface area contributed by atoms with Gasteiger partial charge in [-0.3, -0.25) is 0 Å². The molecule has 0 saturated carbocycles. The summed E-state index contributed by atoms with van der Waals surface area (Å²) in [6.07, 6.45) is 1.56. The first-order valence-electron chi connectivity index (χ1n) is 6.35. The molecule has 1 aromatic carbocycles. The molecule has 0 fully saturated rings. The van der Waals surface area contributed by atoms with Crippen molar-refractivity contribution in [2.75, 3.05) is 7.05 Å². The monoisotopic (exact) mass is 369 g/mol. The van der Waals surface area contributed by atoms with Gasteiger partial charge in [-0.2, -0.15) is 0 Å². The highest BCUT2D eigenvalue weighted by atomic mass is 79.9. The number of hydrogen-bond acceptors (Lipinski definition) is 4. The van der Waals surface area contributed by atoms with Crippen molar-refractivity contribution in [2.45, 2.75) is 18.1 Å². The normalized spacial score (nSPS) is 11.5. The summed E-state index contributed by atoms with van der Waals surface area (Å²) in [5, 5.41) is 3.01. The van der Waals surface area contributed by atoms with E-state index in [0.29, 0.717) is 6.54 Å². The van der Waals surface area contributed by atoms with E-state index in [9.17, 15) is 8.42 Å². The molecule has 2 aromatic rings. The Labute approximate surface area is 133 Å². The lowest BCUT2D eigenvalue weighted by Gasteiger charge is -2.07. The van der Waals surface area contributed by atoms with Crippen LogP contribution in [0.25, 0.3) is 0 Å². The first-order chi connectivity index (χ1) is 10.0. The molecular formula is C14H16BrN3O2S. The zero-order valence-electron chi connectivity index (χ0n) is 11.5. The topological polar surface area (TPSA) is 71.1 Å². The predicted octanol–water partition coefficient (Wildman–Crippen LogP) is 2.04. The lowest BCUT2D eigenvalue weighted by Crippen LogP contribution is -2.24. The minimum absolute atomic E-state index is 0.0253. The van der Waals surface area contributed by atoms with Crippen molar-refractivity contribution >= 4 is 26.0 Å². The lowest BCUT2D eigenvalue weighted by atomic mass is 10.2. The van der Waals surface area contributed by atoms with Crippen LogP contribution in [0.5, 0.6) is 0 Å². The van der Waals surface area contributed by atoms with E-state index in [2.05, 4.69) is 31.0 Å². The smallest absolute Gasteiger partial charge is 0.258 e. The SMILES string of the molecule is CNCc1ccc(S(=O)(=O)NCc2cccc(Br)c2)nc1. The maximum absolute atomic E-state index is 12.2. The molecule has 0 bridgehead atoms. The van der Waals surface area contributed by atoms with Crippen LogP contribution in [0, 0.1) is 0 Å². The van der Waals surface area contributed by atoms with E-state index >= 15 is 0 Å². The summed E-state index contributed by atoms with van der Waals surface area (Å²) in [6.45, 7) is 0.876. The zero-order valence-corrected chi connectivity index (χ0v) is 13.9. The van der Waals surface area contributed by atoms with E-state index in [0.717, 1.165) is 15.6 Å². The van der Waals surface area contributed by atoms with Gasteiger partial charge in [0.1, 0.15) is 0 Å². The van der Waals surface area contributed by atoms with Crippen LogP contribution in [0.1, 0.15) is 11.1 Å². The Hall–Kier alpha value is -1.28. The molecule has 0 amide bonds.